The van der Waals surface area contributed by atoms with Gasteiger partial charge in [0.15, 0.2) is 0 Å². The maximum Gasteiger partial charge on any atom is 0.232 e. The summed E-state index contributed by atoms with van der Waals surface area (Å²) in [6, 6.07) is 3.83. The van der Waals surface area contributed by atoms with E-state index in [1.165, 1.54) is 0 Å². The van der Waals surface area contributed by atoms with Gasteiger partial charge in [0, 0.05) is 17.5 Å². The van der Waals surface area contributed by atoms with Gasteiger partial charge >= 0.3 is 0 Å². The lowest BCUT2D eigenvalue weighted by Gasteiger charge is -2.32. The normalized spacial score (nSPS) is 26.6. The molecule has 4 nitrogen and oxygen atoms in total. The number of nitrogens with zero attached hydrogens (tertiary/aromatic N) is 1. The van der Waals surface area contributed by atoms with E-state index in [1.807, 2.05) is 30.9 Å². The van der Waals surface area contributed by atoms with Crippen LogP contribution < -0.4 is 5.73 Å². The van der Waals surface area contributed by atoms with E-state index in [1.54, 1.807) is 11.3 Å². The molecule has 6 heteroatoms. The van der Waals surface area contributed by atoms with Gasteiger partial charge in [-0.25, -0.2) is 0 Å². The minimum atomic E-state index is -0.593. The first kappa shape index (κ1) is 15.0. The number of thiophene rings is 1. The first-order chi connectivity index (χ1) is 8.97. The van der Waals surface area contributed by atoms with Crippen molar-refractivity contribution in [1.29, 1.82) is 0 Å². The third kappa shape index (κ3) is 3.02. The molecule has 2 N–H and O–H groups in total. The van der Waals surface area contributed by atoms with Crippen LogP contribution in [-0.4, -0.2) is 36.6 Å². The minimum Gasteiger partial charge on any atom is -0.379 e. The second-order valence-corrected chi connectivity index (χ2v) is 7.61. The van der Waals surface area contributed by atoms with Crippen LogP contribution in [0.2, 0.25) is 0 Å². The lowest BCUT2D eigenvalue weighted by molar-refractivity contribution is -0.142. The Balaban J connectivity index is 2.11. The first-order valence-corrected chi connectivity index (χ1v) is 7.95. The topological polar surface area (TPSA) is 55.6 Å². The maximum atomic E-state index is 12.7. The van der Waals surface area contributed by atoms with Gasteiger partial charge in [-0.2, -0.15) is 0 Å². The molecule has 2 heterocycles. The third-order valence-electron chi connectivity index (χ3n) is 3.65. The molecule has 1 aliphatic heterocycles. The molecule has 1 aromatic rings. The predicted octanol–water partition coefficient (Wildman–Crippen LogP) is 2.22. The van der Waals surface area contributed by atoms with Crippen molar-refractivity contribution in [1.82, 2.24) is 4.90 Å². The number of amides is 1. The molecule has 0 aromatic carbocycles. The summed E-state index contributed by atoms with van der Waals surface area (Å²) in [6.07, 6.45) is 0. The second kappa shape index (κ2) is 5.91. The zero-order valence-corrected chi connectivity index (χ0v) is 13.6. The van der Waals surface area contributed by atoms with E-state index >= 15 is 0 Å². The molecule has 0 aliphatic carbocycles. The Morgan fingerprint density at radius 3 is 2.89 bits per heavy atom. The van der Waals surface area contributed by atoms with E-state index in [-0.39, 0.29) is 11.9 Å². The summed E-state index contributed by atoms with van der Waals surface area (Å²) in [5.74, 6) is 0.0875. The highest BCUT2D eigenvalue weighted by Crippen LogP contribution is 2.31. The van der Waals surface area contributed by atoms with Crippen LogP contribution >= 0.6 is 27.3 Å². The lowest BCUT2D eigenvalue weighted by atomic mass is 9.84. The predicted molar refractivity (Wildman–Crippen MR) is 80.0 cm³/mol. The molecule has 1 amide bonds. The number of hydrogen-bond donors (Lipinski definition) is 1. The molecule has 1 fully saturated rings. The van der Waals surface area contributed by atoms with Gasteiger partial charge < -0.3 is 15.4 Å². The quantitative estimate of drug-likeness (QED) is 0.909. The molecule has 106 valence electrons. The van der Waals surface area contributed by atoms with Gasteiger partial charge in [0.25, 0.3) is 0 Å². The second-order valence-electron chi connectivity index (χ2n) is 5.06. The summed E-state index contributed by atoms with van der Waals surface area (Å²) in [7, 11) is 0. The largest absolute Gasteiger partial charge is 0.379 e. The van der Waals surface area contributed by atoms with Crippen molar-refractivity contribution in [3.8, 4) is 0 Å². The summed E-state index contributed by atoms with van der Waals surface area (Å²) in [5.41, 5.74) is 5.43. The van der Waals surface area contributed by atoms with E-state index < -0.39 is 5.41 Å². The fraction of sp³-hybridized carbons (Fsp3) is 0.615. The molecule has 2 atom stereocenters. The van der Waals surface area contributed by atoms with Crippen molar-refractivity contribution in [3.05, 3.63) is 20.8 Å². The number of ether oxygens (including phenoxy) is 1. The van der Waals surface area contributed by atoms with Crippen molar-refractivity contribution in [2.45, 2.75) is 26.4 Å². The Morgan fingerprint density at radius 1 is 1.68 bits per heavy atom. The van der Waals surface area contributed by atoms with Gasteiger partial charge in [-0.15, -0.1) is 11.3 Å². The summed E-state index contributed by atoms with van der Waals surface area (Å²) in [5, 5.41) is 0. The smallest absolute Gasteiger partial charge is 0.232 e. The average Bonchev–Trinajstić information content (AvgIpc) is 2.94. The minimum absolute atomic E-state index is 0.0875. The highest BCUT2D eigenvalue weighted by Gasteiger charge is 2.46. The Kier molecular flexibility index (Phi) is 4.66. The van der Waals surface area contributed by atoms with Gasteiger partial charge in [-0.1, -0.05) is 0 Å². The number of carbonyl (C=O) groups is 1. The van der Waals surface area contributed by atoms with Gasteiger partial charge in [0.1, 0.15) is 0 Å². The van der Waals surface area contributed by atoms with E-state index in [0.29, 0.717) is 26.3 Å². The van der Waals surface area contributed by atoms with Gasteiger partial charge in [-0.3, -0.25) is 4.79 Å². The monoisotopic (exact) mass is 346 g/mol. The summed E-state index contributed by atoms with van der Waals surface area (Å²) in [6.45, 7) is 6.08. The standard InChI is InChI=1S/C13H19BrN2O2S/c1-3-16(6-9-4-5-11(14)19-9)12(17)13(2)8-18-7-10(13)15/h4-5,10H,3,6-8,15H2,1-2H3. The van der Waals surface area contributed by atoms with Gasteiger partial charge in [0.05, 0.1) is 29.0 Å². The van der Waals surface area contributed by atoms with Crippen LogP contribution in [0.1, 0.15) is 18.7 Å². The molecular weight excluding hydrogens is 328 g/mol. The van der Waals surface area contributed by atoms with Crippen LogP contribution in [0, 0.1) is 5.41 Å². The number of hydrogen-bond acceptors (Lipinski definition) is 4. The molecule has 19 heavy (non-hydrogen) atoms. The maximum absolute atomic E-state index is 12.7. The van der Waals surface area contributed by atoms with Crippen molar-refractivity contribution >= 4 is 33.2 Å². The number of halogens is 1. The van der Waals surface area contributed by atoms with Crippen molar-refractivity contribution in [2.24, 2.45) is 11.1 Å². The molecule has 0 bridgehead atoms. The fourth-order valence-electron chi connectivity index (χ4n) is 2.22. The van der Waals surface area contributed by atoms with Gasteiger partial charge in [-0.05, 0) is 41.9 Å². The van der Waals surface area contributed by atoms with Crippen molar-refractivity contribution < 1.29 is 9.53 Å². The van der Waals surface area contributed by atoms with E-state index in [0.717, 1.165) is 8.66 Å². The molecule has 0 radical (unpaired) electrons. The van der Waals surface area contributed by atoms with Crippen LogP contribution in [-0.2, 0) is 16.1 Å². The number of carbonyl (C=O) groups excluding carboxylic acids is 1. The Bertz CT molecular complexity index is 465. The Morgan fingerprint density at radius 2 is 2.42 bits per heavy atom. The highest BCUT2D eigenvalue weighted by atomic mass is 79.9. The van der Waals surface area contributed by atoms with Crippen LogP contribution in [0.25, 0.3) is 0 Å². The third-order valence-corrected chi connectivity index (χ3v) is 5.26. The van der Waals surface area contributed by atoms with Crippen LogP contribution in [0.4, 0.5) is 0 Å². The zero-order chi connectivity index (χ0) is 14.0. The zero-order valence-electron chi connectivity index (χ0n) is 11.2. The van der Waals surface area contributed by atoms with Crippen molar-refractivity contribution in [2.75, 3.05) is 19.8 Å². The molecule has 1 aliphatic rings. The molecule has 2 rings (SSSR count). The average molecular weight is 347 g/mol. The van der Waals surface area contributed by atoms with E-state index in [9.17, 15) is 4.79 Å². The molecule has 1 aromatic heterocycles. The molecule has 0 saturated carbocycles. The lowest BCUT2D eigenvalue weighted by Crippen LogP contribution is -2.51. The fourth-order valence-corrected chi connectivity index (χ4v) is 3.72. The van der Waals surface area contributed by atoms with E-state index in [2.05, 4.69) is 15.9 Å². The van der Waals surface area contributed by atoms with Gasteiger partial charge in [0.2, 0.25) is 5.91 Å². The number of nitrogens with two attached hydrogens (primary N) is 1. The molecule has 0 spiro atoms. The number of rotatable bonds is 4. The Labute approximate surface area is 126 Å². The van der Waals surface area contributed by atoms with Crippen molar-refractivity contribution in [3.63, 3.8) is 0 Å². The molecule has 2 unspecified atom stereocenters. The van der Waals surface area contributed by atoms with Crippen LogP contribution in [0.15, 0.2) is 15.9 Å². The molecule has 1 saturated heterocycles. The highest BCUT2D eigenvalue weighted by molar-refractivity contribution is 9.11. The summed E-state index contributed by atoms with van der Waals surface area (Å²) in [4.78, 5) is 15.7. The molecular formula is C13H19BrN2O2S. The Hall–Kier alpha value is -0.430. The summed E-state index contributed by atoms with van der Waals surface area (Å²) < 4.78 is 6.45. The SMILES string of the molecule is CCN(Cc1ccc(Br)s1)C(=O)C1(C)COCC1N. The van der Waals surface area contributed by atoms with Crippen LogP contribution in [0.5, 0.6) is 0 Å². The summed E-state index contributed by atoms with van der Waals surface area (Å²) >= 11 is 5.09. The first-order valence-electron chi connectivity index (χ1n) is 6.34. The van der Waals surface area contributed by atoms with E-state index in [4.69, 9.17) is 10.5 Å². The van der Waals surface area contributed by atoms with Crippen LogP contribution in [0.3, 0.4) is 0 Å².